The first kappa shape index (κ1) is 20.0. The SMILES string of the molecule is C=C(C(N)=O)[C@@H]1N=C(c2ccc(Cl)cc2)c2c(sc(C)c2C)N(C(C)=N)C1=N. The van der Waals surface area contributed by atoms with E-state index in [1.165, 1.54) is 16.2 Å². The Bertz CT molecular complexity index is 1050. The number of hydrogen-bond donors (Lipinski definition) is 3. The molecular formula is C20H20ClN5OS. The van der Waals surface area contributed by atoms with Gasteiger partial charge < -0.3 is 5.73 Å². The van der Waals surface area contributed by atoms with E-state index in [0.717, 1.165) is 26.6 Å². The van der Waals surface area contributed by atoms with E-state index in [4.69, 9.17) is 33.1 Å². The van der Waals surface area contributed by atoms with E-state index in [2.05, 4.69) is 6.58 Å². The second-order valence-corrected chi connectivity index (χ2v) is 8.19. The molecule has 0 bridgehead atoms. The lowest BCUT2D eigenvalue weighted by molar-refractivity contribution is -0.114. The summed E-state index contributed by atoms with van der Waals surface area (Å²) in [6.45, 7) is 9.33. The average molecular weight is 414 g/mol. The van der Waals surface area contributed by atoms with Crippen LogP contribution < -0.4 is 10.6 Å². The van der Waals surface area contributed by atoms with Gasteiger partial charge in [0.2, 0.25) is 5.91 Å². The predicted molar refractivity (Wildman–Crippen MR) is 117 cm³/mol. The van der Waals surface area contributed by atoms with E-state index >= 15 is 0 Å². The van der Waals surface area contributed by atoms with Crippen LogP contribution in [0.15, 0.2) is 41.4 Å². The summed E-state index contributed by atoms with van der Waals surface area (Å²) in [7, 11) is 0. The monoisotopic (exact) mass is 413 g/mol. The van der Waals surface area contributed by atoms with Gasteiger partial charge in [0, 0.05) is 26.6 Å². The number of primary amides is 1. The highest BCUT2D eigenvalue weighted by molar-refractivity contribution is 7.17. The van der Waals surface area contributed by atoms with Gasteiger partial charge in [0.05, 0.1) is 5.71 Å². The van der Waals surface area contributed by atoms with Crippen LogP contribution in [0.5, 0.6) is 0 Å². The molecule has 1 aliphatic rings. The van der Waals surface area contributed by atoms with Crippen LogP contribution in [0.3, 0.4) is 0 Å². The Morgan fingerprint density at radius 3 is 2.46 bits per heavy atom. The first-order valence-corrected chi connectivity index (χ1v) is 9.69. The maximum atomic E-state index is 11.8. The fourth-order valence-electron chi connectivity index (χ4n) is 3.07. The van der Waals surface area contributed by atoms with Gasteiger partial charge in [-0.3, -0.25) is 25.5 Å². The molecule has 1 aromatic carbocycles. The highest BCUT2D eigenvalue weighted by Crippen LogP contribution is 2.40. The number of nitrogens with two attached hydrogens (primary N) is 1. The molecule has 28 heavy (non-hydrogen) atoms. The topological polar surface area (TPSA) is 106 Å². The van der Waals surface area contributed by atoms with Crippen LogP contribution in [0.2, 0.25) is 5.02 Å². The van der Waals surface area contributed by atoms with Gasteiger partial charge in [-0.2, -0.15) is 0 Å². The number of hydrogen-bond acceptors (Lipinski definition) is 5. The normalized spacial score (nSPS) is 16.3. The zero-order valence-electron chi connectivity index (χ0n) is 15.8. The standard InChI is InChI=1S/C20H20ClN5OS/c1-9-11(3)28-20-15(9)17(13-5-7-14(21)8-6-13)25-16(10(2)19(24)27)18(23)26(20)12(4)22/h5-8,16,22-23H,2H2,1,3-4H3,(H2,24,27)/t16-/m0/s1. The van der Waals surface area contributed by atoms with Crippen LogP contribution in [0.4, 0.5) is 5.00 Å². The molecule has 144 valence electrons. The molecule has 0 aliphatic carbocycles. The first-order chi connectivity index (χ1) is 13.1. The maximum Gasteiger partial charge on any atom is 0.246 e. The minimum absolute atomic E-state index is 0.00671. The van der Waals surface area contributed by atoms with E-state index in [1.54, 1.807) is 19.1 Å². The Morgan fingerprint density at radius 2 is 1.93 bits per heavy atom. The van der Waals surface area contributed by atoms with Crippen LogP contribution in [-0.2, 0) is 4.79 Å². The molecule has 0 saturated heterocycles. The molecule has 2 aromatic rings. The summed E-state index contributed by atoms with van der Waals surface area (Å²) in [4.78, 5) is 19.1. The van der Waals surface area contributed by atoms with Crippen molar-refractivity contribution in [1.82, 2.24) is 0 Å². The van der Waals surface area contributed by atoms with Crippen LogP contribution in [0.1, 0.15) is 28.5 Å². The molecule has 0 radical (unpaired) electrons. The Kier molecular flexibility index (Phi) is 5.23. The number of fused-ring (bicyclic) bond motifs is 1. The van der Waals surface area contributed by atoms with Crippen molar-refractivity contribution in [1.29, 1.82) is 10.8 Å². The predicted octanol–water partition coefficient (Wildman–Crippen LogP) is 4.06. The minimum Gasteiger partial charge on any atom is -0.366 e. The molecule has 1 amide bonds. The molecular weight excluding hydrogens is 394 g/mol. The van der Waals surface area contributed by atoms with Crippen molar-refractivity contribution in [3.63, 3.8) is 0 Å². The fraction of sp³-hybridized carbons (Fsp3) is 0.200. The third-order valence-corrected chi connectivity index (χ3v) is 6.11. The van der Waals surface area contributed by atoms with Crippen molar-refractivity contribution < 1.29 is 4.79 Å². The summed E-state index contributed by atoms with van der Waals surface area (Å²) in [5.74, 6) is -0.597. The number of benzene rings is 1. The third-order valence-electron chi connectivity index (χ3n) is 4.66. The summed E-state index contributed by atoms with van der Waals surface area (Å²) >= 11 is 7.53. The molecule has 4 N–H and O–H groups in total. The Hall–Kier alpha value is -2.77. The van der Waals surface area contributed by atoms with Crippen molar-refractivity contribution >= 4 is 51.2 Å². The van der Waals surface area contributed by atoms with Crippen molar-refractivity contribution in [3.8, 4) is 0 Å². The number of anilines is 1. The van der Waals surface area contributed by atoms with Gasteiger partial charge in [0.15, 0.2) is 0 Å². The number of thiophene rings is 1. The lowest BCUT2D eigenvalue weighted by Gasteiger charge is -2.25. The van der Waals surface area contributed by atoms with Gasteiger partial charge in [0.1, 0.15) is 22.7 Å². The minimum atomic E-state index is -0.984. The molecule has 0 unspecified atom stereocenters. The number of carbonyl (C=O) groups excluding carboxylic acids is 1. The van der Waals surface area contributed by atoms with Gasteiger partial charge in [-0.05, 0) is 38.5 Å². The van der Waals surface area contributed by atoms with Gasteiger partial charge in [-0.25, -0.2) is 0 Å². The van der Waals surface area contributed by atoms with E-state index in [9.17, 15) is 4.79 Å². The van der Waals surface area contributed by atoms with Crippen LogP contribution in [0, 0.1) is 24.7 Å². The number of nitrogens with zero attached hydrogens (tertiary/aromatic N) is 2. The average Bonchev–Trinajstić information content (AvgIpc) is 2.83. The lowest BCUT2D eigenvalue weighted by Crippen LogP contribution is -2.42. The molecule has 6 nitrogen and oxygen atoms in total. The second-order valence-electron chi connectivity index (χ2n) is 6.55. The second kappa shape index (κ2) is 7.33. The number of aryl methyl sites for hydroxylation is 1. The van der Waals surface area contributed by atoms with E-state index in [-0.39, 0.29) is 17.2 Å². The molecule has 1 atom stereocenters. The van der Waals surface area contributed by atoms with Gasteiger partial charge in [-0.15, -0.1) is 11.3 Å². The molecule has 8 heteroatoms. The summed E-state index contributed by atoms with van der Waals surface area (Å²) in [6, 6.07) is 6.24. The smallest absolute Gasteiger partial charge is 0.246 e. The zero-order valence-corrected chi connectivity index (χ0v) is 17.3. The number of amides is 1. The highest BCUT2D eigenvalue weighted by Gasteiger charge is 2.35. The number of halogens is 1. The van der Waals surface area contributed by atoms with E-state index < -0.39 is 11.9 Å². The number of amidine groups is 2. The van der Waals surface area contributed by atoms with Gasteiger partial charge in [0.25, 0.3) is 0 Å². The van der Waals surface area contributed by atoms with Gasteiger partial charge >= 0.3 is 0 Å². The van der Waals surface area contributed by atoms with Crippen molar-refractivity contribution in [2.75, 3.05) is 4.90 Å². The Morgan fingerprint density at radius 1 is 1.32 bits per heavy atom. The lowest BCUT2D eigenvalue weighted by atomic mass is 9.99. The number of nitrogens with one attached hydrogen (secondary N) is 2. The van der Waals surface area contributed by atoms with Crippen molar-refractivity contribution in [3.05, 3.63) is 63.0 Å². The molecule has 2 heterocycles. The number of rotatable bonds is 3. The zero-order chi connectivity index (χ0) is 20.7. The molecule has 1 aromatic heterocycles. The first-order valence-electron chi connectivity index (χ1n) is 8.49. The number of aliphatic imine (C=N–C) groups is 1. The third kappa shape index (κ3) is 3.27. The van der Waals surface area contributed by atoms with Crippen molar-refractivity contribution in [2.45, 2.75) is 26.8 Å². The Labute approximate surface area is 172 Å². The highest BCUT2D eigenvalue weighted by atomic mass is 35.5. The van der Waals surface area contributed by atoms with Crippen LogP contribution in [0.25, 0.3) is 0 Å². The maximum absolute atomic E-state index is 11.8. The molecule has 0 saturated carbocycles. The fourth-order valence-corrected chi connectivity index (χ4v) is 4.42. The van der Waals surface area contributed by atoms with E-state index in [0.29, 0.717) is 10.7 Å². The van der Waals surface area contributed by atoms with Gasteiger partial charge in [-0.1, -0.05) is 30.3 Å². The summed E-state index contributed by atoms with van der Waals surface area (Å²) in [5.41, 5.74) is 8.72. The molecule has 3 rings (SSSR count). The van der Waals surface area contributed by atoms with Crippen LogP contribution in [-0.4, -0.2) is 29.3 Å². The quantitative estimate of drug-likeness (QED) is 0.401. The molecule has 0 spiro atoms. The molecule has 0 fully saturated rings. The summed E-state index contributed by atoms with van der Waals surface area (Å²) in [6.07, 6.45) is 0. The summed E-state index contributed by atoms with van der Waals surface area (Å²) in [5, 5.41) is 18.3. The van der Waals surface area contributed by atoms with Crippen molar-refractivity contribution in [2.24, 2.45) is 10.7 Å². The number of carbonyl (C=O) groups is 1. The summed E-state index contributed by atoms with van der Waals surface area (Å²) < 4.78 is 0. The van der Waals surface area contributed by atoms with E-state index in [1.807, 2.05) is 26.0 Å². The molecule has 1 aliphatic heterocycles. The largest absolute Gasteiger partial charge is 0.366 e. The van der Waals surface area contributed by atoms with Crippen LogP contribution >= 0.6 is 22.9 Å². The Balaban J connectivity index is 2.36.